The van der Waals surface area contributed by atoms with Crippen molar-refractivity contribution in [3.63, 3.8) is 0 Å². The van der Waals surface area contributed by atoms with E-state index in [0.717, 1.165) is 19.4 Å². The Balaban J connectivity index is 2.14. The van der Waals surface area contributed by atoms with Gasteiger partial charge in [0.1, 0.15) is 0 Å². The van der Waals surface area contributed by atoms with E-state index in [-0.39, 0.29) is 17.7 Å². The summed E-state index contributed by atoms with van der Waals surface area (Å²) >= 11 is 0. The van der Waals surface area contributed by atoms with Gasteiger partial charge in [-0.2, -0.15) is 0 Å². The van der Waals surface area contributed by atoms with Crippen LogP contribution in [-0.4, -0.2) is 62.3 Å². The molecule has 1 saturated carbocycles. The van der Waals surface area contributed by atoms with Crippen molar-refractivity contribution in [2.45, 2.75) is 25.7 Å². The summed E-state index contributed by atoms with van der Waals surface area (Å²) in [5.41, 5.74) is 0. The monoisotopic (exact) mass is 286 g/mol. The van der Waals surface area contributed by atoms with Gasteiger partial charge in [0.15, 0.2) is 0 Å². The lowest BCUT2D eigenvalue weighted by atomic mass is 9.81. The summed E-state index contributed by atoms with van der Waals surface area (Å²) in [6, 6.07) is 0. The van der Waals surface area contributed by atoms with Crippen LogP contribution in [0.2, 0.25) is 0 Å². The van der Waals surface area contributed by atoms with Crippen LogP contribution in [0.4, 0.5) is 0 Å². The van der Waals surface area contributed by atoms with E-state index in [1.807, 2.05) is 19.0 Å². The molecule has 0 aromatic carbocycles. The van der Waals surface area contributed by atoms with Gasteiger partial charge in [-0.25, -0.2) is 0 Å². The van der Waals surface area contributed by atoms with E-state index in [9.17, 15) is 9.59 Å². The number of carbonyl (C=O) groups is 2. The molecule has 0 saturated heterocycles. The quantitative estimate of drug-likeness (QED) is 0.638. The van der Waals surface area contributed by atoms with Gasteiger partial charge in [-0.15, -0.1) is 0 Å². The van der Waals surface area contributed by atoms with Gasteiger partial charge in [0.2, 0.25) is 5.91 Å². The summed E-state index contributed by atoms with van der Waals surface area (Å²) in [6.45, 7) is 2.49. The normalized spacial score (nSPS) is 22.8. The van der Waals surface area contributed by atoms with Crippen LogP contribution in [0.3, 0.4) is 0 Å². The predicted octanol–water partition coefficient (Wildman–Crippen LogP) is 0.572. The van der Waals surface area contributed by atoms with Gasteiger partial charge in [0.25, 0.3) is 0 Å². The third-order valence-corrected chi connectivity index (χ3v) is 3.62. The minimum Gasteiger partial charge on any atom is -0.481 e. The zero-order valence-electron chi connectivity index (χ0n) is 12.4. The maximum absolute atomic E-state index is 11.9. The molecule has 0 aromatic heterocycles. The van der Waals surface area contributed by atoms with Crippen LogP contribution in [0.15, 0.2) is 0 Å². The third kappa shape index (κ3) is 6.34. The second kappa shape index (κ2) is 8.92. The molecule has 1 aliphatic rings. The molecule has 1 fully saturated rings. The molecule has 1 aliphatic carbocycles. The van der Waals surface area contributed by atoms with Crippen molar-refractivity contribution >= 4 is 11.9 Å². The number of carboxylic acid groups (broad SMARTS) is 1. The molecule has 0 aliphatic heterocycles. The average molecular weight is 286 g/mol. The number of aliphatic carboxylic acids is 1. The highest BCUT2D eigenvalue weighted by Crippen LogP contribution is 2.29. The van der Waals surface area contributed by atoms with E-state index in [4.69, 9.17) is 9.84 Å². The Labute approximate surface area is 120 Å². The average Bonchev–Trinajstić information content (AvgIpc) is 2.42. The number of rotatable bonds is 8. The molecule has 0 heterocycles. The third-order valence-electron chi connectivity index (χ3n) is 3.62. The Morgan fingerprint density at radius 2 is 1.95 bits per heavy atom. The van der Waals surface area contributed by atoms with Crippen molar-refractivity contribution in [2.75, 3.05) is 40.4 Å². The van der Waals surface area contributed by atoms with Crippen molar-refractivity contribution in [3.05, 3.63) is 0 Å². The fourth-order valence-corrected chi connectivity index (χ4v) is 2.39. The Morgan fingerprint density at radius 3 is 2.60 bits per heavy atom. The molecule has 0 spiro atoms. The fraction of sp³-hybridized carbons (Fsp3) is 0.857. The Morgan fingerprint density at radius 1 is 1.25 bits per heavy atom. The summed E-state index contributed by atoms with van der Waals surface area (Å²) in [6.07, 6.45) is 2.75. The van der Waals surface area contributed by atoms with Gasteiger partial charge in [-0.1, -0.05) is 6.42 Å². The van der Waals surface area contributed by atoms with E-state index < -0.39 is 5.97 Å². The Hall–Kier alpha value is -1.14. The zero-order chi connectivity index (χ0) is 15.0. The van der Waals surface area contributed by atoms with Gasteiger partial charge in [-0.3, -0.25) is 9.59 Å². The molecule has 1 rings (SSSR count). The number of hydrogen-bond donors (Lipinski definition) is 2. The van der Waals surface area contributed by atoms with E-state index >= 15 is 0 Å². The minimum atomic E-state index is -0.783. The first-order chi connectivity index (χ1) is 9.50. The molecular formula is C14H26N2O4. The maximum atomic E-state index is 11.9. The largest absolute Gasteiger partial charge is 0.481 e. The van der Waals surface area contributed by atoms with Crippen molar-refractivity contribution < 1.29 is 19.4 Å². The molecular weight excluding hydrogens is 260 g/mol. The number of nitrogens with zero attached hydrogens (tertiary/aromatic N) is 1. The SMILES string of the molecule is CN(C)CCOCCNC(=O)C1CCCC(C(=O)O)C1. The van der Waals surface area contributed by atoms with E-state index in [1.165, 1.54) is 0 Å². The summed E-state index contributed by atoms with van der Waals surface area (Å²) in [5.74, 6) is -1.34. The number of hydrogen-bond acceptors (Lipinski definition) is 4. The van der Waals surface area contributed by atoms with Crippen LogP contribution in [0.1, 0.15) is 25.7 Å². The van der Waals surface area contributed by atoms with Crippen LogP contribution >= 0.6 is 0 Å². The molecule has 0 aromatic rings. The second-order valence-corrected chi connectivity index (χ2v) is 5.61. The topological polar surface area (TPSA) is 78.9 Å². The molecule has 2 unspecified atom stereocenters. The van der Waals surface area contributed by atoms with Gasteiger partial charge in [0.05, 0.1) is 19.1 Å². The number of likely N-dealkylation sites (N-methyl/N-ethyl adjacent to an activating group) is 1. The number of carboxylic acids is 1. The number of amides is 1. The highest BCUT2D eigenvalue weighted by Gasteiger charge is 2.30. The first-order valence-corrected chi connectivity index (χ1v) is 7.23. The first kappa shape index (κ1) is 16.9. The molecule has 1 amide bonds. The highest BCUT2D eigenvalue weighted by molar-refractivity contribution is 5.80. The Kier molecular flexibility index (Phi) is 7.54. The van der Waals surface area contributed by atoms with Crippen molar-refractivity contribution in [2.24, 2.45) is 11.8 Å². The lowest BCUT2D eigenvalue weighted by Gasteiger charge is -2.25. The zero-order valence-corrected chi connectivity index (χ0v) is 12.4. The number of nitrogens with one attached hydrogen (secondary N) is 1. The van der Waals surface area contributed by atoms with Crippen molar-refractivity contribution in [3.8, 4) is 0 Å². The predicted molar refractivity (Wildman–Crippen MR) is 75.5 cm³/mol. The number of carbonyl (C=O) groups excluding carboxylic acids is 1. The highest BCUT2D eigenvalue weighted by atomic mass is 16.5. The van der Waals surface area contributed by atoms with Gasteiger partial charge in [0, 0.05) is 19.0 Å². The maximum Gasteiger partial charge on any atom is 0.306 e. The molecule has 116 valence electrons. The molecule has 2 atom stereocenters. The van der Waals surface area contributed by atoms with Gasteiger partial charge in [-0.05, 0) is 33.4 Å². The van der Waals surface area contributed by atoms with E-state index in [1.54, 1.807) is 0 Å². The van der Waals surface area contributed by atoms with Crippen molar-refractivity contribution in [1.82, 2.24) is 10.2 Å². The first-order valence-electron chi connectivity index (χ1n) is 7.23. The lowest BCUT2D eigenvalue weighted by molar-refractivity contribution is -0.144. The summed E-state index contributed by atoms with van der Waals surface area (Å²) in [7, 11) is 3.96. The van der Waals surface area contributed by atoms with E-state index in [0.29, 0.717) is 32.6 Å². The Bertz CT molecular complexity index is 320. The summed E-state index contributed by atoms with van der Waals surface area (Å²) in [5, 5.41) is 11.8. The smallest absolute Gasteiger partial charge is 0.306 e. The summed E-state index contributed by atoms with van der Waals surface area (Å²) < 4.78 is 5.39. The van der Waals surface area contributed by atoms with Gasteiger partial charge < -0.3 is 20.1 Å². The molecule has 2 N–H and O–H groups in total. The van der Waals surface area contributed by atoms with Crippen LogP contribution in [0.5, 0.6) is 0 Å². The molecule has 6 nitrogen and oxygen atoms in total. The molecule has 0 bridgehead atoms. The van der Waals surface area contributed by atoms with Crippen LogP contribution in [0.25, 0.3) is 0 Å². The van der Waals surface area contributed by atoms with Crippen LogP contribution in [0, 0.1) is 11.8 Å². The standard InChI is InChI=1S/C14H26N2O4/c1-16(2)7-9-20-8-6-15-13(17)11-4-3-5-12(10-11)14(18)19/h11-12H,3-10H2,1-2H3,(H,15,17)(H,18,19). The number of ether oxygens (including phenoxy) is 1. The minimum absolute atomic E-state index is 0.0350. The lowest BCUT2D eigenvalue weighted by Crippen LogP contribution is -2.37. The van der Waals surface area contributed by atoms with Crippen molar-refractivity contribution in [1.29, 1.82) is 0 Å². The fourth-order valence-electron chi connectivity index (χ4n) is 2.39. The molecule has 0 radical (unpaired) electrons. The summed E-state index contributed by atoms with van der Waals surface area (Å²) in [4.78, 5) is 24.9. The second-order valence-electron chi connectivity index (χ2n) is 5.61. The molecule has 20 heavy (non-hydrogen) atoms. The van der Waals surface area contributed by atoms with Gasteiger partial charge >= 0.3 is 5.97 Å². The molecule has 6 heteroatoms. The van der Waals surface area contributed by atoms with Crippen LogP contribution in [-0.2, 0) is 14.3 Å². The van der Waals surface area contributed by atoms with E-state index in [2.05, 4.69) is 5.32 Å². The van der Waals surface area contributed by atoms with Crippen LogP contribution < -0.4 is 5.32 Å².